The zero-order valence-corrected chi connectivity index (χ0v) is 14.1. The summed E-state index contributed by atoms with van der Waals surface area (Å²) >= 11 is 7.53. The van der Waals surface area contributed by atoms with Crippen molar-refractivity contribution in [3.8, 4) is 0 Å². The third kappa shape index (κ3) is 2.52. The fourth-order valence-electron chi connectivity index (χ4n) is 2.42. The number of halogens is 1. The number of hydrogen-bond donors (Lipinski definition) is 0. The number of fused-ring (bicyclic) bond motifs is 1. The number of para-hydroxylation sites is 1. The fraction of sp³-hybridized carbons (Fsp3) is 0.125. The van der Waals surface area contributed by atoms with Gasteiger partial charge in [0.2, 0.25) is 0 Å². The predicted octanol–water partition coefficient (Wildman–Crippen LogP) is 4.72. The Labute approximate surface area is 135 Å². The van der Waals surface area contributed by atoms with Crippen molar-refractivity contribution in [2.45, 2.75) is 14.8 Å². The van der Waals surface area contributed by atoms with E-state index >= 15 is 0 Å². The van der Waals surface area contributed by atoms with Gasteiger partial charge in [0.1, 0.15) is 0 Å². The van der Waals surface area contributed by atoms with Gasteiger partial charge in [-0.1, -0.05) is 29.8 Å². The van der Waals surface area contributed by atoms with E-state index in [0.29, 0.717) is 5.02 Å². The van der Waals surface area contributed by atoms with Gasteiger partial charge in [-0.3, -0.25) is 0 Å². The lowest BCUT2D eigenvalue weighted by Crippen LogP contribution is -1.96. The summed E-state index contributed by atoms with van der Waals surface area (Å²) < 4.78 is 15.1. The number of nitrogens with zero attached hydrogens (tertiary/aromatic N) is 1. The Kier molecular flexibility index (Phi) is 4.11. The minimum absolute atomic E-state index is 0.652. The van der Waals surface area contributed by atoms with Gasteiger partial charge in [0.05, 0.1) is 20.7 Å². The van der Waals surface area contributed by atoms with Gasteiger partial charge in [0, 0.05) is 27.9 Å². The Morgan fingerprint density at radius 3 is 2.43 bits per heavy atom. The Balaban J connectivity index is 2.24. The average Bonchev–Trinajstić information content (AvgIpc) is 2.80. The molecule has 0 saturated carbocycles. The van der Waals surface area contributed by atoms with Crippen LogP contribution in [0.1, 0.15) is 0 Å². The van der Waals surface area contributed by atoms with Crippen LogP contribution in [0.3, 0.4) is 0 Å². The first kappa shape index (κ1) is 14.7. The molecular weight excluding hydrogens is 322 g/mol. The van der Waals surface area contributed by atoms with Crippen molar-refractivity contribution in [3.63, 3.8) is 0 Å². The van der Waals surface area contributed by atoms with E-state index < -0.39 is 10.8 Å². The highest BCUT2D eigenvalue weighted by atomic mass is 35.5. The van der Waals surface area contributed by atoms with E-state index in [4.69, 9.17) is 11.6 Å². The van der Waals surface area contributed by atoms with Gasteiger partial charge in [0.15, 0.2) is 0 Å². The van der Waals surface area contributed by atoms with Crippen LogP contribution in [0.5, 0.6) is 0 Å². The zero-order chi connectivity index (χ0) is 15.0. The van der Waals surface area contributed by atoms with Gasteiger partial charge >= 0.3 is 0 Å². The summed E-state index contributed by atoms with van der Waals surface area (Å²) in [6.07, 6.45) is 2.01. The van der Waals surface area contributed by atoms with Crippen molar-refractivity contribution >= 4 is 45.1 Å². The number of aromatic nitrogens is 1. The van der Waals surface area contributed by atoms with Gasteiger partial charge in [-0.2, -0.15) is 0 Å². The van der Waals surface area contributed by atoms with E-state index in [1.807, 2.05) is 43.6 Å². The van der Waals surface area contributed by atoms with Crippen LogP contribution in [-0.2, 0) is 17.8 Å². The highest BCUT2D eigenvalue weighted by Gasteiger charge is 2.20. The van der Waals surface area contributed by atoms with Gasteiger partial charge in [-0.05, 0) is 36.6 Å². The van der Waals surface area contributed by atoms with E-state index in [2.05, 4.69) is 10.6 Å². The first-order valence-electron chi connectivity index (χ1n) is 6.42. The van der Waals surface area contributed by atoms with Gasteiger partial charge in [0.25, 0.3) is 0 Å². The van der Waals surface area contributed by atoms with Crippen LogP contribution in [0.15, 0.2) is 63.3 Å². The first-order chi connectivity index (χ1) is 10.1. The molecule has 21 heavy (non-hydrogen) atoms. The van der Waals surface area contributed by atoms with Crippen LogP contribution >= 0.6 is 23.4 Å². The normalized spacial score (nSPS) is 12.7. The monoisotopic (exact) mass is 335 g/mol. The summed E-state index contributed by atoms with van der Waals surface area (Å²) in [5, 5.41) is 2.72. The molecule has 108 valence electrons. The molecule has 0 aliphatic heterocycles. The number of rotatable bonds is 3. The molecule has 1 atom stereocenters. The van der Waals surface area contributed by atoms with Gasteiger partial charge in [-0.15, -0.1) is 11.8 Å². The lowest BCUT2D eigenvalue weighted by Gasteiger charge is -2.05. The molecule has 1 unspecified atom stereocenters. The van der Waals surface area contributed by atoms with Crippen LogP contribution in [-0.4, -0.2) is 15.0 Å². The first-order valence-corrected chi connectivity index (χ1v) is 9.17. The predicted molar refractivity (Wildman–Crippen MR) is 90.8 cm³/mol. The second-order valence-corrected chi connectivity index (χ2v) is 7.29. The van der Waals surface area contributed by atoms with Crippen LogP contribution < -0.4 is 0 Å². The standard InChI is InChI=1S/C16H14ClNOS2/c1-18-14-6-4-3-5-13(14)15(16(18)20-2)21(19)12-9-7-11(17)8-10-12/h3-10H,1-2H3. The molecule has 3 aromatic rings. The van der Waals surface area contributed by atoms with Crippen LogP contribution in [0.4, 0.5) is 0 Å². The summed E-state index contributed by atoms with van der Waals surface area (Å²) in [5.74, 6) is 0. The number of thioether (sulfide) groups is 1. The Morgan fingerprint density at radius 1 is 1.10 bits per heavy atom. The van der Waals surface area contributed by atoms with Gasteiger partial charge in [-0.25, -0.2) is 4.21 Å². The Hall–Kier alpha value is -1.23. The summed E-state index contributed by atoms with van der Waals surface area (Å²) in [4.78, 5) is 1.65. The SMILES string of the molecule is CSc1c(S(=O)c2ccc(Cl)cc2)c2ccccc2n1C. The molecule has 0 spiro atoms. The fourth-order valence-corrected chi connectivity index (χ4v) is 4.98. The van der Waals surface area contributed by atoms with E-state index in [-0.39, 0.29) is 0 Å². The van der Waals surface area contributed by atoms with Crippen LogP contribution in [0, 0.1) is 0 Å². The highest BCUT2D eigenvalue weighted by molar-refractivity contribution is 7.99. The van der Waals surface area contributed by atoms with E-state index in [9.17, 15) is 4.21 Å². The maximum Gasteiger partial charge on any atom is 0.0922 e. The zero-order valence-electron chi connectivity index (χ0n) is 11.7. The van der Waals surface area contributed by atoms with Crippen molar-refractivity contribution in [1.29, 1.82) is 0 Å². The molecule has 0 aliphatic rings. The smallest absolute Gasteiger partial charge is 0.0922 e. The maximum absolute atomic E-state index is 13.0. The molecule has 2 nitrogen and oxygen atoms in total. The summed E-state index contributed by atoms with van der Waals surface area (Å²) in [5.41, 5.74) is 1.10. The van der Waals surface area contributed by atoms with Crippen molar-refractivity contribution in [1.82, 2.24) is 4.57 Å². The number of benzene rings is 2. The second-order valence-electron chi connectivity index (χ2n) is 4.64. The Morgan fingerprint density at radius 2 is 1.76 bits per heavy atom. The molecule has 2 aromatic carbocycles. The minimum Gasteiger partial charge on any atom is -0.338 e. The third-order valence-corrected chi connectivity index (χ3v) is 6.15. The number of hydrogen-bond acceptors (Lipinski definition) is 2. The Bertz CT molecular complexity index is 824. The second kappa shape index (κ2) is 5.87. The molecule has 0 aliphatic carbocycles. The summed E-state index contributed by atoms with van der Waals surface area (Å²) in [6.45, 7) is 0. The molecule has 0 amide bonds. The molecule has 3 rings (SSSR count). The average molecular weight is 336 g/mol. The topological polar surface area (TPSA) is 22.0 Å². The van der Waals surface area contributed by atoms with Crippen LogP contribution in [0.25, 0.3) is 10.9 Å². The molecule has 1 heterocycles. The highest BCUT2D eigenvalue weighted by Crippen LogP contribution is 2.36. The van der Waals surface area contributed by atoms with Crippen molar-refractivity contribution in [2.75, 3.05) is 6.26 Å². The summed E-state index contributed by atoms with van der Waals surface area (Å²) in [7, 11) is 0.790. The molecule has 0 fully saturated rings. The van der Waals surface area contributed by atoms with E-state index in [0.717, 1.165) is 25.7 Å². The molecule has 5 heteroatoms. The summed E-state index contributed by atoms with van der Waals surface area (Å²) in [6, 6.07) is 15.3. The van der Waals surface area contributed by atoms with Crippen LogP contribution in [0.2, 0.25) is 5.02 Å². The van der Waals surface area contributed by atoms with Gasteiger partial charge < -0.3 is 4.57 Å². The number of aryl methyl sites for hydroxylation is 1. The lowest BCUT2D eigenvalue weighted by molar-refractivity contribution is 0.680. The third-order valence-electron chi connectivity index (χ3n) is 3.42. The molecule has 0 radical (unpaired) electrons. The van der Waals surface area contributed by atoms with Crippen molar-refractivity contribution in [2.24, 2.45) is 7.05 Å². The molecule has 0 saturated heterocycles. The lowest BCUT2D eigenvalue weighted by atomic mass is 10.2. The molecule has 0 bridgehead atoms. The van der Waals surface area contributed by atoms with E-state index in [1.54, 1.807) is 23.9 Å². The minimum atomic E-state index is -1.22. The van der Waals surface area contributed by atoms with E-state index in [1.165, 1.54) is 0 Å². The largest absolute Gasteiger partial charge is 0.338 e. The molecule has 0 N–H and O–H groups in total. The maximum atomic E-state index is 13.0. The molecular formula is C16H14ClNOS2. The van der Waals surface area contributed by atoms with Crippen molar-refractivity contribution in [3.05, 3.63) is 53.6 Å². The molecule has 1 aromatic heterocycles. The quantitative estimate of drug-likeness (QED) is 0.646. The van der Waals surface area contributed by atoms with Crippen molar-refractivity contribution < 1.29 is 4.21 Å².